The Kier molecular flexibility index (Phi) is 6.55. The maximum atomic E-state index is 2.47. The summed E-state index contributed by atoms with van der Waals surface area (Å²) in [6.45, 7) is 6.66. The Balaban J connectivity index is 1.17. The number of aryl methyl sites for hydroxylation is 3. The molecule has 8 aromatic carbocycles. The first kappa shape index (κ1) is 28.3. The lowest BCUT2D eigenvalue weighted by atomic mass is 9.77. The fourth-order valence-corrected chi connectivity index (χ4v) is 7.57. The van der Waals surface area contributed by atoms with Crippen LogP contribution in [0.2, 0.25) is 0 Å². The Bertz CT molecular complexity index is 2500. The highest BCUT2D eigenvalue weighted by Gasteiger charge is 2.25. The van der Waals surface area contributed by atoms with Crippen molar-refractivity contribution in [1.29, 1.82) is 0 Å². The van der Waals surface area contributed by atoms with Gasteiger partial charge in [-0.05, 0) is 152 Å². The van der Waals surface area contributed by atoms with Crippen molar-refractivity contribution in [1.82, 2.24) is 0 Å². The number of benzene rings is 8. The normalized spacial score (nSPS) is 11.6. The van der Waals surface area contributed by atoms with Crippen LogP contribution >= 0.6 is 0 Å². The van der Waals surface area contributed by atoms with Gasteiger partial charge in [0, 0.05) is 11.4 Å². The summed E-state index contributed by atoms with van der Waals surface area (Å²) in [4.78, 5) is 2.47. The van der Waals surface area contributed by atoms with Crippen molar-refractivity contribution in [2.45, 2.75) is 20.8 Å². The van der Waals surface area contributed by atoms with Gasteiger partial charge in [-0.3, -0.25) is 0 Å². The van der Waals surface area contributed by atoms with Crippen LogP contribution in [0.5, 0.6) is 0 Å². The zero-order valence-electron chi connectivity index (χ0n) is 27.5. The Hall–Kier alpha value is -5.92. The molecular formula is C47H35N. The second kappa shape index (κ2) is 11.1. The van der Waals surface area contributed by atoms with Gasteiger partial charge in [0.2, 0.25) is 0 Å². The summed E-state index contributed by atoms with van der Waals surface area (Å²) >= 11 is 0. The van der Waals surface area contributed by atoms with Gasteiger partial charge in [-0.1, -0.05) is 109 Å². The van der Waals surface area contributed by atoms with Crippen molar-refractivity contribution in [2.24, 2.45) is 0 Å². The molecule has 48 heavy (non-hydrogen) atoms. The monoisotopic (exact) mass is 613 g/mol. The number of hydrogen-bond donors (Lipinski definition) is 0. The fraction of sp³-hybridized carbons (Fsp3) is 0.0638. The molecule has 8 aromatic rings. The van der Waals surface area contributed by atoms with E-state index >= 15 is 0 Å². The van der Waals surface area contributed by atoms with Crippen molar-refractivity contribution < 1.29 is 0 Å². The summed E-state index contributed by atoms with van der Waals surface area (Å²) in [5, 5.41) is 5.08. The Morgan fingerprint density at radius 2 is 0.833 bits per heavy atom. The van der Waals surface area contributed by atoms with Gasteiger partial charge in [-0.15, -0.1) is 0 Å². The quantitative estimate of drug-likeness (QED) is 0.187. The second-order valence-corrected chi connectivity index (χ2v) is 13.2. The topological polar surface area (TPSA) is 3.24 Å². The molecule has 0 spiro atoms. The van der Waals surface area contributed by atoms with Crippen LogP contribution in [-0.4, -0.2) is 0 Å². The van der Waals surface area contributed by atoms with Gasteiger partial charge >= 0.3 is 0 Å². The van der Waals surface area contributed by atoms with Gasteiger partial charge in [0.15, 0.2) is 0 Å². The Morgan fingerprint density at radius 3 is 1.44 bits per heavy atom. The van der Waals surface area contributed by atoms with Gasteiger partial charge in [-0.2, -0.15) is 0 Å². The molecule has 1 nitrogen and oxygen atoms in total. The summed E-state index contributed by atoms with van der Waals surface area (Å²) in [6, 6.07) is 58.1. The van der Waals surface area contributed by atoms with Crippen LogP contribution in [0.15, 0.2) is 158 Å². The van der Waals surface area contributed by atoms with E-state index in [1.54, 1.807) is 0 Å². The number of nitrogens with zero attached hydrogens (tertiary/aromatic N) is 1. The van der Waals surface area contributed by atoms with E-state index in [1.165, 1.54) is 99.8 Å². The molecular weight excluding hydrogens is 579 g/mol. The van der Waals surface area contributed by atoms with Crippen LogP contribution in [0.25, 0.3) is 66.1 Å². The number of para-hydroxylation sites is 1. The zero-order valence-corrected chi connectivity index (χ0v) is 27.5. The van der Waals surface area contributed by atoms with Gasteiger partial charge < -0.3 is 4.90 Å². The molecule has 1 aliphatic carbocycles. The number of rotatable bonds is 5. The molecule has 0 saturated heterocycles. The lowest BCUT2D eigenvalue weighted by Crippen LogP contribution is -2.14. The average Bonchev–Trinajstić information content (AvgIpc) is 3.12. The number of hydrogen-bond acceptors (Lipinski definition) is 1. The van der Waals surface area contributed by atoms with Crippen LogP contribution in [0.4, 0.5) is 17.1 Å². The first-order valence-electron chi connectivity index (χ1n) is 16.8. The third kappa shape index (κ3) is 4.62. The van der Waals surface area contributed by atoms with E-state index in [1.807, 2.05) is 0 Å². The average molecular weight is 614 g/mol. The SMILES string of the molecule is Cc1ccc(-c2ccccc2)cc1N(c1ccc2cc3c(cc2c1)-c1cc2ccc(-c4ccccc4)cc2cc1-3)c1c(C)cccc1C. The molecule has 0 aliphatic heterocycles. The van der Waals surface area contributed by atoms with E-state index in [9.17, 15) is 0 Å². The molecule has 0 atom stereocenters. The third-order valence-electron chi connectivity index (χ3n) is 10.1. The molecule has 0 bridgehead atoms. The van der Waals surface area contributed by atoms with Crippen LogP contribution in [0, 0.1) is 20.8 Å². The molecule has 0 unspecified atom stereocenters. The van der Waals surface area contributed by atoms with Crippen molar-refractivity contribution in [2.75, 3.05) is 4.90 Å². The molecule has 228 valence electrons. The largest absolute Gasteiger partial charge is 0.310 e. The molecule has 9 rings (SSSR count). The highest BCUT2D eigenvalue weighted by atomic mass is 15.1. The van der Waals surface area contributed by atoms with E-state index in [0.29, 0.717) is 0 Å². The van der Waals surface area contributed by atoms with Crippen molar-refractivity contribution in [3.05, 3.63) is 174 Å². The van der Waals surface area contributed by atoms with E-state index in [-0.39, 0.29) is 0 Å². The van der Waals surface area contributed by atoms with Crippen molar-refractivity contribution in [3.63, 3.8) is 0 Å². The highest BCUT2D eigenvalue weighted by molar-refractivity contribution is 6.12. The van der Waals surface area contributed by atoms with E-state index in [4.69, 9.17) is 0 Å². The molecule has 0 fully saturated rings. The maximum absolute atomic E-state index is 2.47. The van der Waals surface area contributed by atoms with Crippen LogP contribution in [-0.2, 0) is 0 Å². The van der Waals surface area contributed by atoms with Gasteiger partial charge in [0.1, 0.15) is 0 Å². The lowest BCUT2D eigenvalue weighted by molar-refractivity contribution is 1.20. The minimum absolute atomic E-state index is 1.17. The Morgan fingerprint density at radius 1 is 0.333 bits per heavy atom. The fourth-order valence-electron chi connectivity index (χ4n) is 7.57. The lowest BCUT2D eigenvalue weighted by Gasteiger charge is -2.31. The highest BCUT2D eigenvalue weighted by Crippen LogP contribution is 2.51. The first-order chi connectivity index (χ1) is 23.5. The van der Waals surface area contributed by atoms with Crippen LogP contribution in [0.3, 0.4) is 0 Å². The molecule has 1 heteroatoms. The molecule has 0 aromatic heterocycles. The summed E-state index contributed by atoms with van der Waals surface area (Å²) in [5.74, 6) is 0. The molecule has 0 heterocycles. The third-order valence-corrected chi connectivity index (χ3v) is 10.1. The van der Waals surface area contributed by atoms with E-state index in [0.717, 1.165) is 0 Å². The van der Waals surface area contributed by atoms with Gasteiger partial charge in [-0.25, -0.2) is 0 Å². The summed E-state index contributed by atoms with van der Waals surface area (Å²) in [6.07, 6.45) is 0. The van der Waals surface area contributed by atoms with Crippen LogP contribution in [0.1, 0.15) is 16.7 Å². The minimum atomic E-state index is 1.17. The second-order valence-electron chi connectivity index (χ2n) is 13.2. The smallest absolute Gasteiger partial charge is 0.0520 e. The molecule has 0 N–H and O–H groups in total. The summed E-state index contributed by atoms with van der Waals surface area (Å²) in [7, 11) is 0. The molecule has 0 saturated carbocycles. The van der Waals surface area contributed by atoms with Crippen LogP contribution < -0.4 is 4.90 Å². The van der Waals surface area contributed by atoms with Crippen molar-refractivity contribution >= 4 is 38.6 Å². The predicted octanol–water partition coefficient (Wildman–Crippen LogP) is 13.4. The van der Waals surface area contributed by atoms with Gasteiger partial charge in [0.25, 0.3) is 0 Å². The number of fused-ring (bicyclic) bond motifs is 6. The summed E-state index contributed by atoms with van der Waals surface area (Å²) in [5.41, 5.74) is 17.7. The van der Waals surface area contributed by atoms with E-state index in [2.05, 4.69) is 183 Å². The standard InChI is InChI=1S/C47H35N/c1-30-17-18-38(34-15-8-5-9-16-34)29-46(30)48(47-31(2)11-10-12-32(47)3)41-22-21-37-26-43-44-27-39-23-35(33-13-6-4-7-14-33)19-20-36(39)25-42(44)45(43)28-40(37)24-41/h4-29H,1-3H3. The molecule has 1 aliphatic rings. The van der Waals surface area contributed by atoms with Crippen molar-refractivity contribution in [3.8, 4) is 44.5 Å². The molecule has 0 radical (unpaired) electrons. The minimum Gasteiger partial charge on any atom is -0.310 e. The van der Waals surface area contributed by atoms with E-state index < -0.39 is 0 Å². The number of anilines is 3. The molecule has 0 amide bonds. The zero-order chi connectivity index (χ0) is 32.4. The Labute approximate surface area is 282 Å². The maximum Gasteiger partial charge on any atom is 0.0520 e. The van der Waals surface area contributed by atoms with Gasteiger partial charge in [0.05, 0.1) is 5.69 Å². The first-order valence-corrected chi connectivity index (χ1v) is 16.8. The predicted molar refractivity (Wildman–Crippen MR) is 206 cm³/mol. The summed E-state index contributed by atoms with van der Waals surface area (Å²) < 4.78 is 0.